The number of halogens is 1. The first-order valence-electron chi connectivity index (χ1n) is 11.5. The number of carbonyl (C=O) groups excluding carboxylic acids is 1. The van der Waals surface area contributed by atoms with Crippen molar-refractivity contribution in [2.24, 2.45) is 0 Å². The molecule has 1 atom stereocenters. The third kappa shape index (κ3) is 5.45. The molecule has 0 bridgehead atoms. The minimum absolute atomic E-state index is 0.0458. The van der Waals surface area contributed by atoms with Gasteiger partial charge in [0.1, 0.15) is 11.6 Å². The Hall–Kier alpha value is -3.12. The maximum atomic E-state index is 14.2. The number of rotatable bonds is 6. The van der Waals surface area contributed by atoms with E-state index in [0.29, 0.717) is 30.9 Å². The Kier molecular flexibility index (Phi) is 6.84. The first kappa shape index (κ1) is 23.1. The van der Waals surface area contributed by atoms with Crippen LogP contribution in [0.4, 0.5) is 10.1 Å². The third-order valence-electron chi connectivity index (χ3n) is 6.29. The van der Waals surface area contributed by atoms with Crippen LogP contribution in [0.25, 0.3) is 0 Å². The predicted octanol–water partition coefficient (Wildman–Crippen LogP) is 5.01. The van der Waals surface area contributed by atoms with E-state index < -0.39 is 0 Å². The Morgan fingerprint density at radius 3 is 2.30 bits per heavy atom. The van der Waals surface area contributed by atoms with E-state index in [1.54, 1.807) is 12.3 Å². The fraction of sp³-hybridized carbons (Fsp3) is 0.370. The van der Waals surface area contributed by atoms with E-state index in [1.807, 2.05) is 48.5 Å². The second-order valence-electron chi connectivity index (χ2n) is 9.54. The van der Waals surface area contributed by atoms with Gasteiger partial charge in [-0.05, 0) is 47.4 Å². The summed E-state index contributed by atoms with van der Waals surface area (Å²) in [6.45, 7) is 9.81. The van der Waals surface area contributed by atoms with Crippen molar-refractivity contribution in [2.45, 2.75) is 32.2 Å². The van der Waals surface area contributed by atoms with Crippen molar-refractivity contribution in [2.75, 3.05) is 37.6 Å². The minimum Gasteiger partial charge on any atom is -0.468 e. The van der Waals surface area contributed by atoms with E-state index in [2.05, 4.69) is 35.9 Å². The molecule has 6 heteroatoms. The number of piperazine rings is 1. The van der Waals surface area contributed by atoms with Gasteiger partial charge in [0.2, 0.25) is 0 Å². The number of carbonyl (C=O) groups is 1. The van der Waals surface area contributed by atoms with Gasteiger partial charge in [0.05, 0.1) is 18.0 Å². The fourth-order valence-corrected chi connectivity index (χ4v) is 4.29. The predicted molar refractivity (Wildman–Crippen MR) is 129 cm³/mol. The minimum atomic E-state index is -0.196. The van der Waals surface area contributed by atoms with Gasteiger partial charge in [-0.2, -0.15) is 0 Å². The average molecular weight is 450 g/mol. The molecule has 0 aliphatic carbocycles. The van der Waals surface area contributed by atoms with E-state index >= 15 is 0 Å². The summed E-state index contributed by atoms with van der Waals surface area (Å²) in [7, 11) is 0. The largest absolute Gasteiger partial charge is 0.468 e. The van der Waals surface area contributed by atoms with E-state index in [9.17, 15) is 9.18 Å². The first-order chi connectivity index (χ1) is 15.8. The highest BCUT2D eigenvalue weighted by molar-refractivity contribution is 5.94. The smallest absolute Gasteiger partial charge is 0.251 e. The zero-order valence-corrected chi connectivity index (χ0v) is 19.6. The van der Waals surface area contributed by atoms with Crippen LogP contribution in [0.15, 0.2) is 71.3 Å². The first-order valence-corrected chi connectivity index (χ1v) is 11.5. The van der Waals surface area contributed by atoms with Crippen LogP contribution in [0.5, 0.6) is 0 Å². The third-order valence-corrected chi connectivity index (χ3v) is 6.29. The SMILES string of the molecule is CC(C)(C)c1ccc(C(=O)NC[C@H](c2ccco2)N2CCN(c3ccccc3F)CC2)cc1. The lowest BCUT2D eigenvalue weighted by atomic mass is 9.87. The van der Waals surface area contributed by atoms with E-state index in [0.717, 1.165) is 18.8 Å². The summed E-state index contributed by atoms with van der Waals surface area (Å²) in [6.07, 6.45) is 1.66. The van der Waals surface area contributed by atoms with Crippen LogP contribution in [0, 0.1) is 5.82 Å². The number of anilines is 1. The van der Waals surface area contributed by atoms with Crippen molar-refractivity contribution < 1.29 is 13.6 Å². The van der Waals surface area contributed by atoms with Gasteiger partial charge in [-0.25, -0.2) is 4.39 Å². The molecule has 1 N–H and O–H groups in total. The van der Waals surface area contributed by atoms with Crippen molar-refractivity contribution in [1.82, 2.24) is 10.2 Å². The van der Waals surface area contributed by atoms with Crippen LogP contribution in [-0.2, 0) is 5.41 Å². The van der Waals surface area contributed by atoms with Gasteiger partial charge in [-0.3, -0.25) is 9.69 Å². The number of benzene rings is 2. The van der Waals surface area contributed by atoms with Crippen LogP contribution >= 0.6 is 0 Å². The van der Waals surface area contributed by atoms with Gasteiger partial charge in [-0.15, -0.1) is 0 Å². The molecule has 2 heterocycles. The van der Waals surface area contributed by atoms with Crippen molar-refractivity contribution in [3.63, 3.8) is 0 Å². The summed E-state index contributed by atoms with van der Waals surface area (Å²) in [5.41, 5.74) is 2.52. The molecule has 0 saturated carbocycles. The number of nitrogens with zero attached hydrogens (tertiary/aromatic N) is 2. The average Bonchev–Trinajstić information content (AvgIpc) is 3.34. The number of hydrogen-bond donors (Lipinski definition) is 1. The topological polar surface area (TPSA) is 48.7 Å². The van der Waals surface area contributed by atoms with Crippen molar-refractivity contribution in [3.8, 4) is 0 Å². The second kappa shape index (κ2) is 9.79. The molecular weight excluding hydrogens is 417 g/mol. The highest BCUT2D eigenvalue weighted by Crippen LogP contribution is 2.26. The van der Waals surface area contributed by atoms with Crippen LogP contribution in [-0.4, -0.2) is 43.5 Å². The Bertz CT molecular complexity index is 1050. The van der Waals surface area contributed by atoms with Crippen LogP contribution in [0.1, 0.15) is 48.5 Å². The van der Waals surface area contributed by atoms with Crippen LogP contribution < -0.4 is 10.2 Å². The normalized spacial score (nSPS) is 15.9. The molecule has 1 saturated heterocycles. The molecule has 1 aromatic heterocycles. The Balaban J connectivity index is 1.40. The van der Waals surface area contributed by atoms with Gasteiger partial charge in [0, 0.05) is 38.3 Å². The number of para-hydroxylation sites is 1. The molecular formula is C27H32FN3O2. The van der Waals surface area contributed by atoms with E-state index in [-0.39, 0.29) is 23.2 Å². The molecule has 0 radical (unpaired) electrons. The van der Waals surface area contributed by atoms with E-state index in [1.165, 1.54) is 11.6 Å². The molecule has 4 rings (SSSR count). The molecule has 5 nitrogen and oxygen atoms in total. The summed E-state index contributed by atoms with van der Waals surface area (Å²) < 4.78 is 19.9. The standard InChI is InChI=1S/C27H32FN3O2/c1-27(2,3)21-12-10-20(11-13-21)26(32)29-19-24(25-9-6-18-33-25)31-16-14-30(15-17-31)23-8-5-4-7-22(23)28/h4-13,18,24H,14-17,19H2,1-3H3,(H,29,32)/t24-/m1/s1. The maximum Gasteiger partial charge on any atom is 0.251 e. The summed E-state index contributed by atoms with van der Waals surface area (Å²) in [6, 6.07) is 18.4. The lowest BCUT2D eigenvalue weighted by Gasteiger charge is -2.39. The Labute approximate surface area is 195 Å². The highest BCUT2D eigenvalue weighted by atomic mass is 19.1. The Morgan fingerprint density at radius 2 is 1.70 bits per heavy atom. The zero-order chi connectivity index (χ0) is 23.4. The number of amides is 1. The summed E-state index contributed by atoms with van der Waals surface area (Å²) in [4.78, 5) is 17.2. The lowest BCUT2D eigenvalue weighted by Crippen LogP contribution is -2.50. The van der Waals surface area contributed by atoms with Gasteiger partial charge in [-0.1, -0.05) is 45.0 Å². The van der Waals surface area contributed by atoms with Crippen molar-refractivity contribution in [1.29, 1.82) is 0 Å². The molecule has 1 aliphatic heterocycles. The number of furan rings is 1. The Morgan fingerprint density at radius 1 is 1.00 bits per heavy atom. The lowest BCUT2D eigenvalue weighted by molar-refractivity contribution is 0.0922. The van der Waals surface area contributed by atoms with E-state index in [4.69, 9.17) is 4.42 Å². The molecule has 33 heavy (non-hydrogen) atoms. The van der Waals surface area contributed by atoms with Gasteiger partial charge in [0.15, 0.2) is 0 Å². The molecule has 1 aliphatic rings. The van der Waals surface area contributed by atoms with Gasteiger partial charge < -0.3 is 14.6 Å². The summed E-state index contributed by atoms with van der Waals surface area (Å²) in [5.74, 6) is 0.521. The highest BCUT2D eigenvalue weighted by Gasteiger charge is 2.28. The second-order valence-corrected chi connectivity index (χ2v) is 9.54. The molecule has 2 aromatic carbocycles. The molecule has 3 aromatic rings. The number of hydrogen-bond acceptors (Lipinski definition) is 4. The number of nitrogens with one attached hydrogen (secondary N) is 1. The fourth-order valence-electron chi connectivity index (χ4n) is 4.29. The van der Waals surface area contributed by atoms with Crippen molar-refractivity contribution in [3.05, 3.63) is 89.6 Å². The molecule has 0 spiro atoms. The molecule has 174 valence electrons. The summed E-state index contributed by atoms with van der Waals surface area (Å²) in [5, 5.41) is 3.08. The monoisotopic (exact) mass is 449 g/mol. The van der Waals surface area contributed by atoms with Gasteiger partial charge in [0.25, 0.3) is 5.91 Å². The summed E-state index contributed by atoms with van der Waals surface area (Å²) >= 11 is 0. The van der Waals surface area contributed by atoms with Crippen LogP contribution in [0.3, 0.4) is 0 Å². The zero-order valence-electron chi connectivity index (χ0n) is 19.6. The molecule has 1 fully saturated rings. The maximum absolute atomic E-state index is 14.2. The van der Waals surface area contributed by atoms with Crippen molar-refractivity contribution >= 4 is 11.6 Å². The molecule has 1 amide bonds. The van der Waals surface area contributed by atoms with Crippen LogP contribution in [0.2, 0.25) is 0 Å². The van der Waals surface area contributed by atoms with Gasteiger partial charge >= 0.3 is 0 Å². The quantitative estimate of drug-likeness (QED) is 0.575. The molecule has 0 unspecified atom stereocenters.